The van der Waals surface area contributed by atoms with E-state index in [4.69, 9.17) is 10.5 Å². The van der Waals surface area contributed by atoms with Crippen molar-refractivity contribution >= 4 is 23.2 Å². The Labute approximate surface area is 183 Å². The third kappa shape index (κ3) is 5.07. The number of anilines is 3. The Kier molecular flexibility index (Phi) is 6.56. The number of rotatable bonds is 8. The Balaban J connectivity index is 1.57. The maximum atomic E-state index is 12.3. The lowest BCUT2D eigenvalue weighted by molar-refractivity contribution is -0.115. The average Bonchev–Trinajstić information content (AvgIpc) is 3.26. The Hall–Kier alpha value is -2.87. The molecule has 0 bridgehead atoms. The molecule has 2 aliphatic rings. The monoisotopic (exact) mass is 424 g/mol. The Morgan fingerprint density at radius 1 is 1.13 bits per heavy atom. The van der Waals surface area contributed by atoms with Crippen LogP contribution < -0.4 is 20.7 Å². The summed E-state index contributed by atoms with van der Waals surface area (Å²) in [7, 11) is 0. The molecule has 1 saturated heterocycles. The number of carbonyl (C=O) groups excluding carboxylic acids is 1. The van der Waals surface area contributed by atoms with Crippen molar-refractivity contribution in [2.75, 3.05) is 35.6 Å². The van der Waals surface area contributed by atoms with E-state index < -0.39 is 0 Å². The number of nitrogen functional groups attached to an aromatic ring is 1. The second kappa shape index (κ2) is 9.51. The number of ether oxygens (including phenoxy) is 1. The minimum Gasteiger partial charge on any atom is -0.460 e. The van der Waals surface area contributed by atoms with Gasteiger partial charge in [0.25, 0.3) is 0 Å². The van der Waals surface area contributed by atoms with Gasteiger partial charge in [-0.2, -0.15) is 9.97 Å². The molecule has 2 aromatic rings. The smallest absolute Gasteiger partial charge is 0.320 e. The van der Waals surface area contributed by atoms with E-state index in [1.54, 1.807) is 0 Å². The van der Waals surface area contributed by atoms with E-state index in [1.165, 1.54) is 31.5 Å². The second-order valence-corrected chi connectivity index (χ2v) is 8.35. The van der Waals surface area contributed by atoms with Gasteiger partial charge in [-0.15, -0.1) is 0 Å². The van der Waals surface area contributed by atoms with Crippen LogP contribution in [0.1, 0.15) is 50.7 Å². The van der Waals surface area contributed by atoms with Crippen LogP contribution in [0.4, 0.5) is 17.3 Å². The molecule has 0 spiro atoms. The van der Waals surface area contributed by atoms with Gasteiger partial charge in [0.1, 0.15) is 11.8 Å². The zero-order valence-corrected chi connectivity index (χ0v) is 18.4. The van der Waals surface area contributed by atoms with Crippen molar-refractivity contribution in [3.63, 3.8) is 0 Å². The topological polar surface area (TPSA) is 96.6 Å². The summed E-state index contributed by atoms with van der Waals surface area (Å²) >= 11 is 0. The molecule has 8 heteroatoms. The van der Waals surface area contributed by atoms with Crippen molar-refractivity contribution in [3.05, 3.63) is 35.4 Å². The zero-order valence-electron chi connectivity index (χ0n) is 18.4. The van der Waals surface area contributed by atoms with E-state index in [9.17, 15) is 4.79 Å². The number of benzene rings is 1. The van der Waals surface area contributed by atoms with Crippen molar-refractivity contribution < 1.29 is 9.53 Å². The summed E-state index contributed by atoms with van der Waals surface area (Å²) in [6.45, 7) is 8.21. The molecule has 1 fully saturated rings. The van der Waals surface area contributed by atoms with E-state index in [-0.39, 0.29) is 30.4 Å². The first-order valence-electron chi connectivity index (χ1n) is 11.2. The van der Waals surface area contributed by atoms with Gasteiger partial charge < -0.3 is 20.7 Å². The first-order chi connectivity index (χ1) is 15.1. The van der Waals surface area contributed by atoms with Crippen LogP contribution in [-0.4, -0.2) is 46.5 Å². The molecule has 0 radical (unpaired) electrons. The first-order valence-corrected chi connectivity index (χ1v) is 11.2. The van der Waals surface area contributed by atoms with Crippen molar-refractivity contribution in [1.82, 2.24) is 14.9 Å². The lowest BCUT2D eigenvalue weighted by Gasteiger charge is -2.30. The molecule has 3 heterocycles. The fourth-order valence-electron chi connectivity index (χ4n) is 4.25. The summed E-state index contributed by atoms with van der Waals surface area (Å²) in [5.74, 6) is 0.717. The number of fused-ring (bicyclic) bond motifs is 1. The molecular formula is C23H32N6O2. The molecule has 1 aromatic heterocycles. The summed E-state index contributed by atoms with van der Waals surface area (Å²) in [5.41, 5.74) is 9.04. The fraction of sp³-hybridized carbons (Fsp3) is 0.522. The van der Waals surface area contributed by atoms with Crippen molar-refractivity contribution in [1.29, 1.82) is 0 Å². The van der Waals surface area contributed by atoms with E-state index >= 15 is 0 Å². The largest absolute Gasteiger partial charge is 0.460 e. The third-order valence-electron chi connectivity index (χ3n) is 5.95. The summed E-state index contributed by atoms with van der Waals surface area (Å²) in [6, 6.07) is 8.82. The summed E-state index contributed by atoms with van der Waals surface area (Å²) in [5, 5.41) is 2.82. The Morgan fingerprint density at radius 3 is 2.55 bits per heavy atom. The SMILES string of the molecule is CCC(CC)Oc1nc(N)c2c(n1)N(Cc1cccc(CN3CCCC3)c1)CC(=O)N2. The van der Waals surface area contributed by atoms with Gasteiger partial charge in [0.15, 0.2) is 11.6 Å². The third-order valence-corrected chi connectivity index (χ3v) is 5.95. The quantitative estimate of drug-likeness (QED) is 0.672. The van der Waals surface area contributed by atoms with Crippen LogP contribution in [0.25, 0.3) is 0 Å². The number of carbonyl (C=O) groups is 1. The molecule has 0 saturated carbocycles. The highest BCUT2D eigenvalue weighted by Crippen LogP contribution is 2.34. The Morgan fingerprint density at radius 2 is 1.84 bits per heavy atom. The van der Waals surface area contributed by atoms with Crippen molar-refractivity contribution in [2.24, 2.45) is 0 Å². The molecule has 166 valence electrons. The van der Waals surface area contributed by atoms with Crippen molar-refractivity contribution in [3.8, 4) is 6.01 Å². The molecular weight excluding hydrogens is 392 g/mol. The molecule has 2 aliphatic heterocycles. The van der Waals surface area contributed by atoms with Gasteiger partial charge in [0, 0.05) is 13.1 Å². The van der Waals surface area contributed by atoms with Gasteiger partial charge in [-0.3, -0.25) is 9.69 Å². The van der Waals surface area contributed by atoms with Gasteiger partial charge in [-0.1, -0.05) is 38.1 Å². The zero-order chi connectivity index (χ0) is 21.8. The van der Waals surface area contributed by atoms with E-state index in [2.05, 4.69) is 58.3 Å². The van der Waals surface area contributed by atoms with Gasteiger partial charge in [-0.25, -0.2) is 0 Å². The maximum absolute atomic E-state index is 12.3. The molecule has 0 unspecified atom stereocenters. The number of nitrogens with one attached hydrogen (secondary N) is 1. The molecule has 0 aliphatic carbocycles. The normalized spacial score (nSPS) is 16.5. The van der Waals surface area contributed by atoms with Crippen LogP contribution in [0.15, 0.2) is 24.3 Å². The predicted octanol–water partition coefficient (Wildman–Crippen LogP) is 3.18. The van der Waals surface area contributed by atoms with Crippen LogP contribution in [0.2, 0.25) is 0 Å². The fourth-order valence-corrected chi connectivity index (χ4v) is 4.25. The van der Waals surface area contributed by atoms with Crippen LogP contribution in [-0.2, 0) is 17.9 Å². The minimum atomic E-state index is -0.121. The highest BCUT2D eigenvalue weighted by Gasteiger charge is 2.28. The molecule has 4 rings (SSSR count). The minimum absolute atomic E-state index is 0.0337. The van der Waals surface area contributed by atoms with Gasteiger partial charge >= 0.3 is 6.01 Å². The average molecular weight is 425 g/mol. The summed E-state index contributed by atoms with van der Waals surface area (Å²) in [6.07, 6.45) is 4.32. The molecule has 8 nitrogen and oxygen atoms in total. The van der Waals surface area contributed by atoms with Gasteiger partial charge in [0.2, 0.25) is 5.91 Å². The molecule has 3 N–H and O–H groups in total. The number of hydrogen-bond acceptors (Lipinski definition) is 7. The number of hydrogen-bond donors (Lipinski definition) is 2. The number of nitrogens with zero attached hydrogens (tertiary/aromatic N) is 4. The molecule has 1 amide bonds. The number of aromatic nitrogens is 2. The predicted molar refractivity (Wildman–Crippen MR) is 122 cm³/mol. The number of nitrogens with two attached hydrogens (primary N) is 1. The molecule has 31 heavy (non-hydrogen) atoms. The lowest BCUT2D eigenvalue weighted by Crippen LogP contribution is -2.39. The maximum Gasteiger partial charge on any atom is 0.320 e. The highest BCUT2D eigenvalue weighted by molar-refractivity contribution is 6.03. The van der Waals surface area contributed by atoms with E-state index in [0.29, 0.717) is 18.1 Å². The second-order valence-electron chi connectivity index (χ2n) is 8.35. The van der Waals surface area contributed by atoms with Crippen LogP contribution >= 0.6 is 0 Å². The van der Waals surface area contributed by atoms with E-state index in [0.717, 1.165) is 24.9 Å². The van der Waals surface area contributed by atoms with E-state index in [1.807, 2.05) is 4.90 Å². The lowest BCUT2D eigenvalue weighted by atomic mass is 10.1. The first kappa shape index (κ1) is 21.4. The van der Waals surface area contributed by atoms with Crippen molar-refractivity contribution in [2.45, 2.75) is 58.7 Å². The Bertz CT molecular complexity index is 924. The number of amides is 1. The highest BCUT2D eigenvalue weighted by atomic mass is 16.5. The van der Waals surface area contributed by atoms with Gasteiger partial charge in [-0.05, 0) is 49.9 Å². The van der Waals surface area contributed by atoms with Crippen LogP contribution in [0.3, 0.4) is 0 Å². The summed E-state index contributed by atoms with van der Waals surface area (Å²) in [4.78, 5) is 25.6. The molecule has 1 aromatic carbocycles. The van der Waals surface area contributed by atoms with Crippen LogP contribution in [0.5, 0.6) is 6.01 Å². The standard InChI is InChI=1S/C23H32N6O2/c1-3-18(4-2)31-23-26-21(24)20-22(27-23)29(15-19(30)25-20)14-17-9-7-8-16(12-17)13-28-10-5-6-11-28/h7-9,12,18H,3-6,10-11,13-15H2,1-2H3,(H,25,30)(H2,24,26,27). The van der Waals surface area contributed by atoms with Gasteiger partial charge in [0.05, 0.1) is 6.54 Å². The number of likely N-dealkylation sites (tertiary alicyclic amines) is 1. The molecule has 0 atom stereocenters. The summed E-state index contributed by atoms with van der Waals surface area (Å²) < 4.78 is 5.93. The van der Waals surface area contributed by atoms with Crippen LogP contribution in [0, 0.1) is 0 Å².